The third-order valence-electron chi connectivity index (χ3n) is 5.11. The second-order valence-electron chi connectivity index (χ2n) is 7.40. The van der Waals surface area contributed by atoms with Crippen molar-refractivity contribution in [2.75, 3.05) is 33.9 Å². The van der Waals surface area contributed by atoms with E-state index >= 15 is 0 Å². The molecular weight excluding hydrogens is 434 g/mol. The third kappa shape index (κ3) is 6.22. The number of carboxylic acids is 1. The number of carboxylic acid groups (broad SMARTS) is 1. The fraction of sp³-hybridized carbons (Fsp3) is 0.333. The maximum Gasteiger partial charge on any atom is 0.335 e. The molecule has 0 saturated carbocycles. The van der Waals surface area contributed by atoms with E-state index < -0.39 is 23.2 Å². The van der Waals surface area contributed by atoms with Gasteiger partial charge in [0.2, 0.25) is 0 Å². The second kappa shape index (κ2) is 12.2. The molecular formula is C24H28F2N2O5. The number of benzene rings is 2. The molecule has 178 valence electrons. The van der Waals surface area contributed by atoms with E-state index in [1.54, 1.807) is 14.2 Å². The van der Waals surface area contributed by atoms with Crippen LogP contribution >= 0.6 is 0 Å². The van der Waals surface area contributed by atoms with Crippen molar-refractivity contribution >= 4 is 23.7 Å². The number of methoxy groups -OCH3 is 1. The summed E-state index contributed by atoms with van der Waals surface area (Å²) in [5, 5.41) is 13.0. The highest BCUT2D eigenvalue weighted by molar-refractivity contribution is 5.93. The Morgan fingerprint density at radius 1 is 1.18 bits per heavy atom. The highest BCUT2D eigenvalue weighted by atomic mass is 19.1. The van der Waals surface area contributed by atoms with E-state index in [0.717, 1.165) is 28.6 Å². The number of ether oxygens (including phenoxy) is 2. The van der Waals surface area contributed by atoms with E-state index in [4.69, 9.17) is 19.4 Å². The number of carbonyl (C=O) groups is 2. The van der Waals surface area contributed by atoms with Gasteiger partial charge in [0.1, 0.15) is 18.4 Å². The Kier molecular flexibility index (Phi) is 9.65. The zero-order valence-corrected chi connectivity index (χ0v) is 18.8. The summed E-state index contributed by atoms with van der Waals surface area (Å²) in [7, 11) is 3.39. The summed E-state index contributed by atoms with van der Waals surface area (Å²) < 4.78 is 40.7. The molecule has 9 heteroatoms. The molecule has 0 fully saturated rings. The molecule has 3 aromatic rings. The van der Waals surface area contributed by atoms with Gasteiger partial charge in [-0.1, -0.05) is 12.1 Å². The van der Waals surface area contributed by atoms with Crippen LogP contribution in [0.15, 0.2) is 30.3 Å². The highest BCUT2D eigenvalue weighted by Gasteiger charge is 2.24. The van der Waals surface area contributed by atoms with Crippen LogP contribution in [-0.4, -0.2) is 62.9 Å². The molecule has 1 unspecified atom stereocenters. The first-order valence-corrected chi connectivity index (χ1v) is 10.2. The van der Waals surface area contributed by atoms with Gasteiger partial charge in [0, 0.05) is 31.0 Å². The van der Waals surface area contributed by atoms with Gasteiger partial charge in [0.05, 0.1) is 36.1 Å². The molecule has 3 N–H and O–H groups in total. The Morgan fingerprint density at radius 2 is 1.85 bits per heavy atom. The largest absolute Gasteiger partial charge is 0.478 e. The average Bonchev–Trinajstić information content (AvgIpc) is 3.11. The van der Waals surface area contributed by atoms with Crippen molar-refractivity contribution in [1.29, 1.82) is 0 Å². The predicted molar refractivity (Wildman–Crippen MR) is 122 cm³/mol. The Balaban J connectivity index is 0.00000187. The maximum absolute atomic E-state index is 14.9. The molecule has 2 aromatic carbocycles. The van der Waals surface area contributed by atoms with Crippen LogP contribution in [0.5, 0.6) is 0 Å². The Bertz CT molecular complexity index is 1080. The van der Waals surface area contributed by atoms with Gasteiger partial charge in [-0.15, -0.1) is 0 Å². The first kappa shape index (κ1) is 26.1. The van der Waals surface area contributed by atoms with Crippen molar-refractivity contribution in [3.63, 3.8) is 0 Å². The normalized spacial score (nSPS) is 11.8. The zero-order chi connectivity index (χ0) is 24.5. The first-order valence-electron chi connectivity index (χ1n) is 10.2. The van der Waals surface area contributed by atoms with Crippen LogP contribution in [-0.2, 0) is 20.7 Å². The molecule has 0 aliphatic rings. The molecule has 0 spiro atoms. The number of aromatic amines is 1. The van der Waals surface area contributed by atoms with Gasteiger partial charge in [-0.3, -0.25) is 0 Å². The van der Waals surface area contributed by atoms with Gasteiger partial charge in [-0.25, -0.2) is 13.6 Å². The zero-order valence-electron chi connectivity index (χ0n) is 18.8. The molecule has 0 aliphatic heterocycles. The molecule has 1 atom stereocenters. The van der Waals surface area contributed by atoms with E-state index in [-0.39, 0.29) is 17.4 Å². The fourth-order valence-corrected chi connectivity index (χ4v) is 3.67. The number of hydrogen-bond acceptors (Lipinski definition) is 5. The van der Waals surface area contributed by atoms with Crippen molar-refractivity contribution in [3.8, 4) is 11.3 Å². The molecule has 0 aliphatic carbocycles. The summed E-state index contributed by atoms with van der Waals surface area (Å²) in [6.45, 7) is 5.28. The summed E-state index contributed by atoms with van der Waals surface area (Å²) in [5.41, 5.74) is 2.00. The predicted octanol–water partition coefficient (Wildman–Crippen LogP) is 3.73. The van der Waals surface area contributed by atoms with Gasteiger partial charge in [0.15, 0.2) is 0 Å². The van der Waals surface area contributed by atoms with E-state index in [9.17, 15) is 13.6 Å². The molecule has 0 amide bonds. The van der Waals surface area contributed by atoms with Crippen LogP contribution in [0, 0.1) is 18.6 Å². The van der Waals surface area contributed by atoms with E-state index in [1.165, 1.54) is 0 Å². The number of halogens is 2. The van der Waals surface area contributed by atoms with Crippen LogP contribution in [0.2, 0.25) is 0 Å². The quantitative estimate of drug-likeness (QED) is 0.397. The van der Waals surface area contributed by atoms with Crippen molar-refractivity contribution in [3.05, 3.63) is 58.7 Å². The standard InChI is InChI=1S/C23H26F2N2O4.CH2O/c1-13-4-5-16-17(11-15(12-26-2)31-7-6-30-3)22(27-20(16)8-13)21-18(24)9-14(23(28)29)10-19(21)25;1-2/h4-5,8-10,15,26-27H,6-7,11-12H2,1-3H3,(H,28,29);1H2. The van der Waals surface area contributed by atoms with Crippen LogP contribution in [0.3, 0.4) is 0 Å². The van der Waals surface area contributed by atoms with E-state index in [0.29, 0.717) is 31.7 Å². The van der Waals surface area contributed by atoms with Gasteiger partial charge in [-0.2, -0.15) is 0 Å². The number of carbonyl (C=O) groups excluding carboxylic acids is 1. The third-order valence-corrected chi connectivity index (χ3v) is 5.11. The number of nitrogens with one attached hydrogen (secondary N) is 2. The molecule has 7 nitrogen and oxygen atoms in total. The summed E-state index contributed by atoms with van der Waals surface area (Å²) in [4.78, 5) is 22.3. The fourth-order valence-electron chi connectivity index (χ4n) is 3.67. The number of fused-ring (bicyclic) bond motifs is 1. The van der Waals surface area contributed by atoms with Gasteiger partial charge < -0.3 is 29.7 Å². The maximum atomic E-state index is 14.9. The number of likely N-dealkylation sites (N-methyl/N-ethyl adjacent to an activating group) is 1. The highest BCUT2D eigenvalue weighted by Crippen LogP contribution is 2.35. The van der Waals surface area contributed by atoms with Crippen LogP contribution in [0.4, 0.5) is 8.78 Å². The van der Waals surface area contributed by atoms with E-state index in [1.807, 2.05) is 31.9 Å². The van der Waals surface area contributed by atoms with Gasteiger partial charge in [0.25, 0.3) is 0 Å². The minimum Gasteiger partial charge on any atom is -0.478 e. The summed E-state index contributed by atoms with van der Waals surface area (Å²) in [6.07, 6.45) is 0.131. The molecule has 3 rings (SSSR count). The smallest absolute Gasteiger partial charge is 0.335 e. The Morgan fingerprint density at radius 3 is 2.42 bits per heavy atom. The van der Waals surface area contributed by atoms with Crippen LogP contribution in [0.25, 0.3) is 22.2 Å². The van der Waals surface area contributed by atoms with Crippen molar-refractivity contribution in [1.82, 2.24) is 10.3 Å². The van der Waals surface area contributed by atoms with E-state index in [2.05, 4.69) is 10.3 Å². The lowest BCUT2D eigenvalue weighted by molar-refractivity contribution is -0.0980. The lowest BCUT2D eigenvalue weighted by atomic mass is 9.98. The van der Waals surface area contributed by atoms with Crippen LogP contribution in [0.1, 0.15) is 21.5 Å². The molecule has 0 radical (unpaired) electrons. The minimum atomic E-state index is -1.39. The number of rotatable bonds is 10. The number of aromatic carboxylic acids is 1. The topological polar surface area (TPSA) is 101 Å². The number of aromatic nitrogens is 1. The SMILES string of the molecule is C=O.CNCC(Cc1c(-c2c(F)cc(C(=O)O)cc2F)[nH]c2cc(C)ccc12)OCCOC. The van der Waals surface area contributed by atoms with Crippen LogP contribution < -0.4 is 5.32 Å². The first-order chi connectivity index (χ1) is 15.8. The van der Waals surface area contributed by atoms with Crippen molar-refractivity contribution < 1.29 is 33.0 Å². The monoisotopic (exact) mass is 462 g/mol. The summed E-state index contributed by atoms with van der Waals surface area (Å²) in [5.74, 6) is -3.27. The lowest BCUT2D eigenvalue weighted by Gasteiger charge is -2.18. The Hall–Kier alpha value is -3.14. The number of aryl methyl sites for hydroxylation is 1. The molecule has 0 bridgehead atoms. The van der Waals surface area contributed by atoms with Crippen molar-refractivity contribution in [2.45, 2.75) is 19.4 Å². The second-order valence-corrected chi connectivity index (χ2v) is 7.40. The molecule has 1 aromatic heterocycles. The molecule has 1 heterocycles. The Labute approximate surface area is 190 Å². The molecule has 0 saturated heterocycles. The summed E-state index contributed by atoms with van der Waals surface area (Å²) in [6, 6.07) is 7.42. The lowest BCUT2D eigenvalue weighted by Crippen LogP contribution is -2.30. The number of H-pyrrole nitrogens is 1. The van der Waals surface area contributed by atoms with Crippen molar-refractivity contribution in [2.24, 2.45) is 0 Å². The number of hydrogen-bond donors (Lipinski definition) is 3. The average molecular weight is 462 g/mol. The summed E-state index contributed by atoms with van der Waals surface area (Å²) >= 11 is 0. The van der Waals surface area contributed by atoms with Gasteiger partial charge in [-0.05, 0) is 43.3 Å². The molecule has 33 heavy (non-hydrogen) atoms. The minimum absolute atomic E-state index is 0.261. The van der Waals surface area contributed by atoms with Gasteiger partial charge >= 0.3 is 5.97 Å².